The number of morpholine rings is 1. The van der Waals surface area contributed by atoms with E-state index in [0.29, 0.717) is 12.5 Å². The van der Waals surface area contributed by atoms with Crippen molar-refractivity contribution in [3.63, 3.8) is 0 Å². The first-order valence-corrected chi connectivity index (χ1v) is 10.1. The quantitative estimate of drug-likeness (QED) is 0.520. The van der Waals surface area contributed by atoms with Crippen molar-refractivity contribution in [2.24, 2.45) is 4.99 Å². The molecular formula is C21H35N5O2. The zero-order valence-corrected chi connectivity index (χ0v) is 17.7. The lowest BCUT2D eigenvalue weighted by molar-refractivity contribution is -0.127. The predicted octanol–water partition coefficient (Wildman–Crippen LogP) is 1.44. The van der Waals surface area contributed by atoms with Crippen molar-refractivity contribution in [1.82, 2.24) is 20.4 Å². The SMILES string of the molecule is CCC(C)NC(=NCc1ccccc1CN1CCOCC1)NCC(=O)N(C)C. The number of carbonyl (C=O) groups is 1. The maximum atomic E-state index is 11.9. The van der Waals surface area contributed by atoms with Crippen molar-refractivity contribution in [1.29, 1.82) is 0 Å². The van der Waals surface area contributed by atoms with E-state index in [1.807, 2.05) is 0 Å². The Balaban J connectivity index is 2.05. The number of likely N-dealkylation sites (N-methyl/N-ethyl adjacent to an activating group) is 1. The Morgan fingerprint density at radius 3 is 2.57 bits per heavy atom. The van der Waals surface area contributed by atoms with Crippen molar-refractivity contribution in [3.8, 4) is 0 Å². The number of nitrogens with zero attached hydrogens (tertiary/aromatic N) is 3. The zero-order chi connectivity index (χ0) is 20.4. The molecule has 0 radical (unpaired) electrons. The second kappa shape index (κ2) is 11.7. The van der Waals surface area contributed by atoms with Crippen LogP contribution >= 0.6 is 0 Å². The third kappa shape index (κ3) is 7.48. The van der Waals surface area contributed by atoms with Gasteiger partial charge in [-0.2, -0.15) is 0 Å². The molecule has 1 amide bonds. The van der Waals surface area contributed by atoms with E-state index in [1.165, 1.54) is 11.1 Å². The second-order valence-electron chi connectivity index (χ2n) is 7.42. The number of hydrogen-bond donors (Lipinski definition) is 2. The minimum atomic E-state index is 0.0198. The van der Waals surface area contributed by atoms with E-state index in [4.69, 9.17) is 9.73 Å². The summed E-state index contributed by atoms with van der Waals surface area (Å²) in [6, 6.07) is 8.72. The fourth-order valence-electron chi connectivity index (χ4n) is 2.84. The van der Waals surface area contributed by atoms with Crippen LogP contribution < -0.4 is 10.6 Å². The average Bonchev–Trinajstić information content (AvgIpc) is 2.71. The number of aliphatic imine (C=N–C) groups is 1. The lowest BCUT2D eigenvalue weighted by Gasteiger charge is -2.27. The van der Waals surface area contributed by atoms with Crippen LogP contribution in [-0.2, 0) is 22.6 Å². The molecule has 28 heavy (non-hydrogen) atoms. The highest BCUT2D eigenvalue weighted by Gasteiger charge is 2.13. The van der Waals surface area contributed by atoms with Crippen LogP contribution in [-0.4, -0.2) is 74.7 Å². The van der Waals surface area contributed by atoms with Gasteiger partial charge in [-0.15, -0.1) is 0 Å². The van der Waals surface area contributed by atoms with Gasteiger partial charge < -0.3 is 20.3 Å². The molecule has 2 N–H and O–H groups in total. The Labute approximate surface area is 169 Å². The number of carbonyl (C=O) groups excluding carboxylic acids is 1. The predicted molar refractivity (Wildman–Crippen MR) is 113 cm³/mol. The maximum Gasteiger partial charge on any atom is 0.241 e. The maximum absolute atomic E-state index is 11.9. The van der Waals surface area contributed by atoms with E-state index in [-0.39, 0.29) is 18.5 Å². The van der Waals surface area contributed by atoms with Gasteiger partial charge in [0.05, 0.1) is 26.3 Å². The number of amides is 1. The average molecular weight is 390 g/mol. The van der Waals surface area contributed by atoms with E-state index in [1.54, 1.807) is 19.0 Å². The molecule has 0 aliphatic carbocycles. The van der Waals surface area contributed by atoms with Gasteiger partial charge in [0.15, 0.2) is 5.96 Å². The van der Waals surface area contributed by atoms with Gasteiger partial charge in [0.25, 0.3) is 0 Å². The summed E-state index contributed by atoms with van der Waals surface area (Å²) in [5.74, 6) is 0.692. The van der Waals surface area contributed by atoms with Gasteiger partial charge in [-0.25, -0.2) is 4.99 Å². The smallest absolute Gasteiger partial charge is 0.241 e. The monoisotopic (exact) mass is 389 g/mol. The second-order valence-corrected chi connectivity index (χ2v) is 7.42. The molecule has 156 valence electrons. The molecule has 1 unspecified atom stereocenters. The standard InChI is InChI=1S/C21H35N5O2/c1-5-17(2)24-21(23-15-20(27)25(3)4)22-14-18-8-6-7-9-19(18)16-26-10-12-28-13-11-26/h6-9,17H,5,10-16H2,1-4H3,(H2,22,23,24). The summed E-state index contributed by atoms with van der Waals surface area (Å²) in [6.45, 7) is 9.47. The molecule has 1 fully saturated rings. The molecule has 1 saturated heterocycles. The van der Waals surface area contributed by atoms with Crippen LogP contribution in [0.5, 0.6) is 0 Å². The molecule has 0 spiro atoms. The van der Waals surface area contributed by atoms with Crippen molar-refractivity contribution in [2.45, 2.75) is 39.4 Å². The normalized spacial score (nSPS) is 16.5. The summed E-state index contributed by atoms with van der Waals surface area (Å²) in [7, 11) is 3.51. The fraction of sp³-hybridized carbons (Fsp3) is 0.619. The Morgan fingerprint density at radius 1 is 1.25 bits per heavy atom. The Kier molecular flexibility index (Phi) is 9.23. The topological polar surface area (TPSA) is 69.2 Å². The minimum absolute atomic E-state index is 0.0198. The number of nitrogens with one attached hydrogen (secondary N) is 2. The van der Waals surface area contributed by atoms with Gasteiger partial charge >= 0.3 is 0 Å². The number of ether oxygens (including phenoxy) is 1. The van der Waals surface area contributed by atoms with Crippen LogP contribution in [0.15, 0.2) is 29.3 Å². The summed E-state index contributed by atoms with van der Waals surface area (Å²) in [5.41, 5.74) is 2.50. The molecule has 1 aromatic carbocycles. The minimum Gasteiger partial charge on any atom is -0.379 e. The molecule has 7 heteroatoms. The molecule has 0 saturated carbocycles. The van der Waals surface area contributed by atoms with Gasteiger partial charge in [0.1, 0.15) is 0 Å². The molecule has 1 aliphatic heterocycles. The van der Waals surface area contributed by atoms with Gasteiger partial charge in [-0.3, -0.25) is 9.69 Å². The Morgan fingerprint density at radius 2 is 1.93 bits per heavy atom. The molecule has 2 rings (SSSR count). The summed E-state index contributed by atoms with van der Waals surface area (Å²) in [5, 5.41) is 6.53. The largest absolute Gasteiger partial charge is 0.379 e. The number of rotatable bonds is 8. The van der Waals surface area contributed by atoms with Crippen molar-refractivity contribution in [2.75, 3.05) is 46.9 Å². The number of guanidine groups is 1. The molecule has 1 atom stereocenters. The van der Waals surface area contributed by atoms with Gasteiger partial charge in [-0.1, -0.05) is 31.2 Å². The highest BCUT2D eigenvalue weighted by atomic mass is 16.5. The van der Waals surface area contributed by atoms with Crippen LogP contribution in [0.1, 0.15) is 31.4 Å². The van der Waals surface area contributed by atoms with E-state index in [2.05, 4.69) is 53.6 Å². The lowest BCUT2D eigenvalue weighted by Crippen LogP contribution is -2.45. The summed E-state index contributed by atoms with van der Waals surface area (Å²) < 4.78 is 5.45. The van der Waals surface area contributed by atoms with E-state index >= 15 is 0 Å². The number of hydrogen-bond acceptors (Lipinski definition) is 4. The first-order chi connectivity index (χ1) is 13.5. The molecule has 0 bridgehead atoms. The Bertz CT molecular complexity index is 641. The molecule has 0 aromatic heterocycles. The third-order valence-corrected chi connectivity index (χ3v) is 4.92. The van der Waals surface area contributed by atoms with Gasteiger partial charge in [0, 0.05) is 39.8 Å². The highest BCUT2D eigenvalue weighted by Crippen LogP contribution is 2.14. The third-order valence-electron chi connectivity index (χ3n) is 4.92. The van der Waals surface area contributed by atoms with Crippen molar-refractivity contribution >= 4 is 11.9 Å². The van der Waals surface area contributed by atoms with Crippen LogP contribution in [0.25, 0.3) is 0 Å². The van der Waals surface area contributed by atoms with Gasteiger partial charge in [0.2, 0.25) is 5.91 Å². The van der Waals surface area contributed by atoms with Crippen LogP contribution in [0.4, 0.5) is 0 Å². The molecule has 7 nitrogen and oxygen atoms in total. The summed E-state index contributed by atoms with van der Waals surface area (Å²) in [6.07, 6.45) is 0.982. The first kappa shape index (κ1) is 22.2. The van der Waals surface area contributed by atoms with E-state index in [0.717, 1.165) is 39.3 Å². The molecule has 1 heterocycles. The van der Waals surface area contributed by atoms with Crippen molar-refractivity contribution < 1.29 is 9.53 Å². The highest BCUT2D eigenvalue weighted by molar-refractivity contribution is 5.86. The fourth-order valence-corrected chi connectivity index (χ4v) is 2.84. The van der Waals surface area contributed by atoms with E-state index < -0.39 is 0 Å². The molecule has 1 aliphatic rings. The summed E-state index contributed by atoms with van der Waals surface area (Å²) >= 11 is 0. The molecular weight excluding hydrogens is 354 g/mol. The van der Waals surface area contributed by atoms with Gasteiger partial charge in [-0.05, 0) is 24.5 Å². The molecule has 1 aromatic rings. The Hall–Kier alpha value is -2.12. The number of benzene rings is 1. The zero-order valence-electron chi connectivity index (χ0n) is 17.7. The van der Waals surface area contributed by atoms with Crippen LogP contribution in [0, 0.1) is 0 Å². The summed E-state index contributed by atoms with van der Waals surface area (Å²) in [4.78, 5) is 20.7. The van der Waals surface area contributed by atoms with Crippen LogP contribution in [0.2, 0.25) is 0 Å². The van der Waals surface area contributed by atoms with Crippen LogP contribution in [0.3, 0.4) is 0 Å². The van der Waals surface area contributed by atoms with E-state index in [9.17, 15) is 4.79 Å². The lowest BCUT2D eigenvalue weighted by atomic mass is 10.1. The van der Waals surface area contributed by atoms with Crippen molar-refractivity contribution in [3.05, 3.63) is 35.4 Å². The first-order valence-electron chi connectivity index (χ1n) is 10.1.